The van der Waals surface area contributed by atoms with Crippen molar-refractivity contribution in [3.05, 3.63) is 40.7 Å². The number of ether oxygens (including phenoxy) is 3. The molecule has 3 fully saturated rings. The second kappa shape index (κ2) is 6.05. The Hall–Kier alpha value is -2.41. The fourth-order valence-corrected chi connectivity index (χ4v) is 4.47. The fourth-order valence-electron chi connectivity index (χ4n) is 4.47. The van der Waals surface area contributed by atoms with Crippen molar-refractivity contribution in [2.24, 2.45) is 5.41 Å². The van der Waals surface area contributed by atoms with E-state index in [1.807, 2.05) is 18.2 Å². The highest BCUT2D eigenvalue weighted by Gasteiger charge is 2.62. The molecule has 2 aromatic rings. The van der Waals surface area contributed by atoms with Crippen LogP contribution in [0.4, 0.5) is 4.39 Å². The van der Waals surface area contributed by atoms with Crippen LogP contribution in [0.2, 0.25) is 0 Å². The Kier molecular flexibility index (Phi) is 3.75. The van der Waals surface area contributed by atoms with Crippen LogP contribution in [0.3, 0.4) is 0 Å². The lowest BCUT2D eigenvalue weighted by Crippen LogP contribution is -2.49. The van der Waals surface area contributed by atoms with Gasteiger partial charge in [-0.3, -0.25) is 4.79 Å². The Morgan fingerprint density at radius 3 is 2.70 bits per heavy atom. The third kappa shape index (κ3) is 2.81. The van der Waals surface area contributed by atoms with Crippen molar-refractivity contribution >= 4 is 0 Å². The zero-order chi connectivity index (χ0) is 18.5. The summed E-state index contributed by atoms with van der Waals surface area (Å²) >= 11 is 0. The topological polar surface area (TPSA) is 62.6 Å². The number of aromatic nitrogens is 2. The number of rotatable bonds is 4. The quantitative estimate of drug-likeness (QED) is 0.826. The number of benzene rings is 1. The SMILES string of the molecule is O=c1ccc(-c2ccc3c(c2)OCCCO3)nn1CC12COC(CF)(C1)C2. The number of hydrogen-bond donors (Lipinski definition) is 0. The molecule has 1 aromatic carbocycles. The molecule has 1 aromatic heterocycles. The van der Waals surface area contributed by atoms with Crippen LogP contribution < -0.4 is 15.0 Å². The van der Waals surface area contributed by atoms with Gasteiger partial charge in [-0.1, -0.05) is 0 Å². The van der Waals surface area contributed by atoms with Crippen LogP contribution in [0.15, 0.2) is 35.1 Å². The van der Waals surface area contributed by atoms with Gasteiger partial charge in [-0.2, -0.15) is 5.10 Å². The van der Waals surface area contributed by atoms with E-state index >= 15 is 0 Å². The number of fused-ring (bicyclic) bond motifs is 2. The van der Waals surface area contributed by atoms with Crippen LogP contribution in [0.1, 0.15) is 19.3 Å². The normalized spacial score (nSPS) is 28.5. The van der Waals surface area contributed by atoms with Crippen molar-refractivity contribution in [2.75, 3.05) is 26.5 Å². The van der Waals surface area contributed by atoms with E-state index in [2.05, 4.69) is 5.10 Å². The molecule has 3 aliphatic heterocycles. The van der Waals surface area contributed by atoms with E-state index in [1.165, 1.54) is 10.7 Å². The lowest BCUT2D eigenvalue weighted by atomic mass is 9.63. The van der Waals surface area contributed by atoms with Crippen LogP contribution in [-0.4, -0.2) is 41.9 Å². The first kappa shape index (κ1) is 16.7. The average Bonchev–Trinajstić information content (AvgIpc) is 3.09. The van der Waals surface area contributed by atoms with Crippen molar-refractivity contribution in [1.82, 2.24) is 9.78 Å². The fraction of sp³-hybridized carbons (Fsp3) is 0.500. The second-order valence-electron chi connectivity index (χ2n) is 7.89. The minimum absolute atomic E-state index is 0.160. The highest BCUT2D eigenvalue weighted by molar-refractivity contribution is 5.63. The van der Waals surface area contributed by atoms with Crippen LogP contribution in [0, 0.1) is 5.41 Å². The molecule has 0 spiro atoms. The van der Waals surface area contributed by atoms with Gasteiger partial charge in [0.25, 0.3) is 5.56 Å². The molecule has 4 heterocycles. The number of halogens is 1. The molecule has 6 nitrogen and oxygen atoms in total. The minimum atomic E-state index is -0.616. The third-order valence-corrected chi connectivity index (χ3v) is 5.72. The molecule has 4 aliphatic rings. The van der Waals surface area contributed by atoms with E-state index in [4.69, 9.17) is 14.2 Å². The zero-order valence-electron chi connectivity index (χ0n) is 14.9. The van der Waals surface area contributed by atoms with Gasteiger partial charge < -0.3 is 14.2 Å². The van der Waals surface area contributed by atoms with Crippen LogP contribution >= 0.6 is 0 Å². The summed E-state index contributed by atoms with van der Waals surface area (Å²) < 4.78 is 31.6. The van der Waals surface area contributed by atoms with E-state index in [0.29, 0.717) is 50.7 Å². The van der Waals surface area contributed by atoms with Crippen molar-refractivity contribution in [2.45, 2.75) is 31.4 Å². The Bertz CT molecular complexity index is 936. The lowest BCUT2D eigenvalue weighted by Gasteiger charge is -2.42. The average molecular weight is 372 g/mol. The lowest BCUT2D eigenvalue weighted by molar-refractivity contribution is -0.0383. The Balaban J connectivity index is 1.43. The monoisotopic (exact) mass is 372 g/mol. The van der Waals surface area contributed by atoms with E-state index in [-0.39, 0.29) is 11.0 Å². The molecule has 0 unspecified atom stereocenters. The largest absolute Gasteiger partial charge is 0.490 e. The van der Waals surface area contributed by atoms with Gasteiger partial charge in [-0.25, -0.2) is 9.07 Å². The summed E-state index contributed by atoms with van der Waals surface area (Å²) in [6, 6.07) is 8.93. The summed E-state index contributed by atoms with van der Waals surface area (Å²) in [4.78, 5) is 12.3. The molecule has 0 atom stereocenters. The van der Waals surface area contributed by atoms with Gasteiger partial charge >= 0.3 is 0 Å². The molecule has 0 N–H and O–H groups in total. The predicted molar refractivity (Wildman–Crippen MR) is 95.9 cm³/mol. The van der Waals surface area contributed by atoms with Crippen molar-refractivity contribution in [3.63, 3.8) is 0 Å². The summed E-state index contributed by atoms with van der Waals surface area (Å²) in [7, 11) is 0. The Morgan fingerprint density at radius 2 is 1.93 bits per heavy atom. The standard InChI is InChI=1S/C20H21FN2O4/c21-11-20-9-19(10-20,13-27-20)12-23-18(24)5-3-15(22-23)14-2-4-16-17(8-14)26-7-1-6-25-16/h2-5,8H,1,6-7,9-13H2. The van der Waals surface area contributed by atoms with Crippen molar-refractivity contribution in [1.29, 1.82) is 0 Å². The molecule has 1 saturated carbocycles. The summed E-state index contributed by atoms with van der Waals surface area (Å²) in [6.07, 6.45) is 2.15. The molecular formula is C20H21FN2O4. The zero-order valence-corrected chi connectivity index (χ0v) is 14.9. The first-order valence-corrected chi connectivity index (χ1v) is 9.29. The summed E-state index contributed by atoms with van der Waals surface area (Å²) in [6.45, 7) is 1.72. The molecule has 0 radical (unpaired) electrons. The van der Waals surface area contributed by atoms with Gasteiger partial charge in [0.1, 0.15) is 6.67 Å². The maximum atomic E-state index is 13.1. The predicted octanol–water partition coefficient (Wildman–Crippen LogP) is 2.59. The molecule has 27 heavy (non-hydrogen) atoms. The minimum Gasteiger partial charge on any atom is -0.490 e. The molecular weight excluding hydrogens is 351 g/mol. The molecule has 2 saturated heterocycles. The van der Waals surface area contributed by atoms with Gasteiger partial charge in [0.2, 0.25) is 0 Å². The third-order valence-electron chi connectivity index (χ3n) is 5.72. The number of hydrogen-bond acceptors (Lipinski definition) is 5. The molecule has 7 heteroatoms. The second-order valence-corrected chi connectivity index (χ2v) is 7.89. The van der Waals surface area contributed by atoms with Gasteiger partial charge in [-0.15, -0.1) is 0 Å². The summed E-state index contributed by atoms with van der Waals surface area (Å²) in [5.41, 5.74) is 0.602. The maximum Gasteiger partial charge on any atom is 0.266 e. The Morgan fingerprint density at radius 1 is 1.11 bits per heavy atom. The highest BCUT2D eigenvalue weighted by Crippen LogP contribution is 2.58. The molecule has 0 amide bonds. The maximum absolute atomic E-state index is 13.1. The van der Waals surface area contributed by atoms with Gasteiger partial charge in [-0.05, 0) is 37.1 Å². The van der Waals surface area contributed by atoms with E-state index in [9.17, 15) is 9.18 Å². The molecule has 142 valence electrons. The number of nitrogens with zero attached hydrogens (tertiary/aromatic N) is 2. The van der Waals surface area contributed by atoms with Crippen molar-refractivity contribution in [3.8, 4) is 22.8 Å². The van der Waals surface area contributed by atoms with Gasteiger partial charge in [0, 0.05) is 23.5 Å². The smallest absolute Gasteiger partial charge is 0.266 e. The molecule has 2 bridgehead atoms. The molecule has 6 rings (SSSR count). The number of alkyl halides is 1. The van der Waals surface area contributed by atoms with E-state index < -0.39 is 12.3 Å². The summed E-state index contributed by atoms with van der Waals surface area (Å²) in [5.74, 6) is 1.42. The van der Waals surface area contributed by atoms with Crippen LogP contribution in [0.25, 0.3) is 11.3 Å². The van der Waals surface area contributed by atoms with Crippen LogP contribution in [-0.2, 0) is 11.3 Å². The van der Waals surface area contributed by atoms with Gasteiger partial charge in [0.05, 0.1) is 37.7 Å². The van der Waals surface area contributed by atoms with Crippen molar-refractivity contribution < 1.29 is 18.6 Å². The first-order valence-electron chi connectivity index (χ1n) is 9.29. The summed E-state index contributed by atoms with van der Waals surface area (Å²) in [5, 5.41) is 4.56. The van der Waals surface area contributed by atoms with E-state index in [0.717, 1.165) is 17.7 Å². The molecule has 1 aliphatic carbocycles. The van der Waals surface area contributed by atoms with Gasteiger partial charge in [0.15, 0.2) is 11.5 Å². The van der Waals surface area contributed by atoms with Crippen LogP contribution in [0.5, 0.6) is 11.5 Å². The first-order chi connectivity index (χ1) is 13.1. The highest BCUT2D eigenvalue weighted by atomic mass is 19.1. The Labute approximate surface area is 155 Å². The van der Waals surface area contributed by atoms with E-state index in [1.54, 1.807) is 6.07 Å².